The second-order valence-electron chi connectivity index (χ2n) is 9.79. The number of phenolic OH excluding ortho intramolecular Hbond substituents is 1. The molecular formula is C28H36N4O8. The van der Waals surface area contributed by atoms with Gasteiger partial charge in [0.2, 0.25) is 17.7 Å². The maximum atomic E-state index is 13.2. The first-order valence-corrected chi connectivity index (χ1v) is 12.8. The van der Waals surface area contributed by atoms with Gasteiger partial charge in [0, 0.05) is 12.8 Å². The van der Waals surface area contributed by atoms with Crippen LogP contribution in [0.1, 0.15) is 37.8 Å². The fraction of sp³-hybridized carbons (Fsp3) is 0.393. The molecule has 0 saturated heterocycles. The minimum Gasteiger partial charge on any atom is -0.508 e. The van der Waals surface area contributed by atoms with Crippen molar-refractivity contribution in [3.05, 3.63) is 65.7 Å². The van der Waals surface area contributed by atoms with Gasteiger partial charge in [0.15, 0.2) is 0 Å². The number of aromatic hydroxyl groups is 1. The van der Waals surface area contributed by atoms with E-state index in [1.165, 1.54) is 12.1 Å². The quantitative estimate of drug-likeness (QED) is 0.163. The number of rotatable bonds is 15. The smallest absolute Gasteiger partial charge is 0.326 e. The molecule has 0 saturated carbocycles. The van der Waals surface area contributed by atoms with E-state index in [9.17, 15) is 34.2 Å². The highest BCUT2D eigenvalue weighted by Gasteiger charge is 2.32. The number of hydrogen-bond acceptors (Lipinski definition) is 7. The highest BCUT2D eigenvalue weighted by atomic mass is 16.4. The van der Waals surface area contributed by atoms with Crippen LogP contribution < -0.4 is 21.7 Å². The molecule has 0 aromatic heterocycles. The van der Waals surface area contributed by atoms with Crippen molar-refractivity contribution in [3.63, 3.8) is 0 Å². The second-order valence-corrected chi connectivity index (χ2v) is 9.79. The monoisotopic (exact) mass is 556 g/mol. The van der Waals surface area contributed by atoms with Gasteiger partial charge in [0.05, 0.1) is 6.04 Å². The Bertz CT molecular complexity index is 1170. The zero-order chi connectivity index (χ0) is 29.8. The van der Waals surface area contributed by atoms with Gasteiger partial charge in [0.25, 0.3) is 0 Å². The molecule has 4 unspecified atom stereocenters. The standard InChI is InChI=1S/C28H36N4O8/c1-16(2)24(27(38)31-22(28(39)40)15-17-6-4-3-5-7-17)32-26(37)21(12-13-23(34)35)30-25(36)20(29)14-18-8-10-19(33)11-9-18/h3-11,16,20-22,24,33H,12-15,29H2,1-2H3,(H,30,36)(H,31,38)(H,32,37)(H,34,35)(H,39,40). The number of aliphatic carboxylic acids is 2. The van der Waals surface area contributed by atoms with Gasteiger partial charge in [-0.3, -0.25) is 19.2 Å². The third kappa shape index (κ3) is 10.4. The van der Waals surface area contributed by atoms with Crippen molar-refractivity contribution >= 4 is 29.7 Å². The lowest BCUT2D eigenvalue weighted by atomic mass is 10.00. The van der Waals surface area contributed by atoms with Gasteiger partial charge in [-0.05, 0) is 42.0 Å². The van der Waals surface area contributed by atoms with Gasteiger partial charge in [-0.1, -0.05) is 56.3 Å². The number of carbonyl (C=O) groups excluding carboxylic acids is 3. The van der Waals surface area contributed by atoms with Crippen molar-refractivity contribution in [3.8, 4) is 5.75 Å². The van der Waals surface area contributed by atoms with Gasteiger partial charge < -0.3 is 37.0 Å². The van der Waals surface area contributed by atoms with E-state index in [1.807, 2.05) is 0 Å². The fourth-order valence-corrected chi connectivity index (χ4v) is 3.89. The van der Waals surface area contributed by atoms with Gasteiger partial charge in [-0.2, -0.15) is 0 Å². The van der Waals surface area contributed by atoms with Crippen LogP contribution in [-0.2, 0) is 36.8 Å². The van der Waals surface area contributed by atoms with E-state index in [-0.39, 0.29) is 25.0 Å². The number of nitrogens with two attached hydrogens (primary N) is 1. The Labute approximate surface area is 232 Å². The molecule has 0 spiro atoms. The van der Waals surface area contributed by atoms with Gasteiger partial charge >= 0.3 is 11.9 Å². The van der Waals surface area contributed by atoms with E-state index in [0.29, 0.717) is 11.1 Å². The summed E-state index contributed by atoms with van der Waals surface area (Å²) in [4.78, 5) is 62.0. The molecule has 0 heterocycles. The van der Waals surface area contributed by atoms with Crippen LogP contribution in [0.4, 0.5) is 0 Å². The van der Waals surface area contributed by atoms with E-state index in [4.69, 9.17) is 10.8 Å². The molecule has 8 N–H and O–H groups in total. The lowest BCUT2D eigenvalue weighted by Gasteiger charge is -2.27. The summed E-state index contributed by atoms with van der Waals surface area (Å²) in [6.45, 7) is 3.30. The Kier molecular flexibility index (Phi) is 12.1. The number of nitrogens with one attached hydrogen (secondary N) is 3. The van der Waals surface area contributed by atoms with Gasteiger partial charge in [-0.15, -0.1) is 0 Å². The molecule has 0 radical (unpaired) electrons. The summed E-state index contributed by atoms with van der Waals surface area (Å²) in [5.41, 5.74) is 7.35. The summed E-state index contributed by atoms with van der Waals surface area (Å²) in [7, 11) is 0. The van der Waals surface area contributed by atoms with Crippen molar-refractivity contribution in [2.24, 2.45) is 11.7 Å². The molecule has 12 nitrogen and oxygen atoms in total. The van der Waals surface area contributed by atoms with Crippen LogP contribution in [0.25, 0.3) is 0 Å². The summed E-state index contributed by atoms with van der Waals surface area (Å²) < 4.78 is 0. The molecule has 2 aromatic rings. The Hall–Kier alpha value is -4.45. The summed E-state index contributed by atoms with van der Waals surface area (Å²) in [5.74, 6) is -5.12. The topological polar surface area (TPSA) is 208 Å². The first-order valence-electron chi connectivity index (χ1n) is 12.8. The van der Waals surface area contributed by atoms with Gasteiger partial charge in [-0.25, -0.2) is 4.79 Å². The van der Waals surface area contributed by atoms with E-state index >= 15 is 0 Å². The summed E-state index contributed by atoms with van der Waals surface area (Å²) in [5, 5.41) is 35.6. The van der Waals surface area contributed by atoms with Crippen LogP contribution in [0.15, 0.2) is 54.6 Å². The molecule has 0 aliphatic heterocycles. The van der Waals surface area contributed by atoms with Crippen molar-refractivity contribution < 1.29 is 39.3 Å². The molecule has 0 aliphatic carbocycles. The van der Waals surface area contributed by atoms with Crippen LogP contribution in [0, 0.1) is 5.92 Å². The lowest BCUT2D eigenvalue weighted by molar-refractivity contribution is -0.142. The average molecular weight is 557 g/mol. The molecule has 4 atom stereocenters. The zero-order valence-electron chi connectivity index (χ0n) is 22.4. The van der Waals surface area contributed by atoms with Crippen molar-refractivity contribution in [1.29, 1.82) is 0 Å². The Balaban J connectivity index is 2.11. The number of carboxylic acid groups (broad SMARTS) is 2. The number of hydrogen-bond donors (Lipinski definition) is 7. The van der Waals surface area contributed by atoms with Crippen molar-refractivity contribution in [2.45, 2.75) is 63.7 Å². The Morgan fingerprint density at radius 1 is 0.750 bits per heavy atom. The highest BCUT2D eigenvalue weighted by molar-refractivity contribution is 5.94. The highest BCUT2D eigenvalue weighted by Crippen LogP contribution is 2.12. The molecule has 0 fully saturated rings. The summed E-state index contributed by atoms with van der Waals surface area (Å²) >= 11 is 0. The van der Waals surface area contributed by atoms with Crippen LogP contribution in [0.2, 0.25) is 0 Å². The first-order chi connectivity index (χ1) is 18.9. The number of carbonyl (C=O) groups is 5. The first kappa shape index (κ1) is 31.8. The van der Waals surface area contributed by atoms with Crippen LogP contribution in [-0.4, -0.2) is 69.1 Å². The second kappa shape index (κ2) is 15.2. The summed E-state index contributed by atoms with van der Waals surface area (Å²) in [6.07, 6.45) is -0.593. The number of carboxylic acids is 2. The number of amides is 3. The maximum Gasteiger partial charge on any atom is 0.326 e. The molecule has 2 rings (SSSR count). The van der Waals surface area contributed by atoms with Crippen LogP contribution in [0.3, 0.4) is 0 Å². The zero-order valence-corrected chi connectivity index (χ0v) is 22.4. The summed E-state index contributed by atoms with van der Waals surface area (Å²) in [6, 6.07) is 9.96. The maximum absolute atomic E-state index is 13.2. The van der Waals surface area contributed by atoms with Gasteiger partial charge in [0.1, 0.15) is 23.9 Å². The third-order valence-corrected chi connectivity index (χ3v) is 6.15. The Morgan fingerprint density at radius 2 is 1.32 bits per heavy atom. The molecule has 2 aromatic carbocycles. The molecular weight excluding hydrogens is 520 g/mol. The van der Waals surface area contributed by atoms with E-state index in [2.05, 4.69) is 16.0 Å². The SMILES string of the molecule is CC(C)C(NC(=O)C(CCC(=O)O)NC(=O)C(N)Cc1ccc(O)cc1)C(=O)NC(Cc1ccccc1)C(=O)O. The van der Waals surface area contributed by atoms with E-state index in [0.717, 1.165) is 0 Å². The fourth-order valence-electron chi connectivity index (χ4n) is 3.89. The van der Waals surface area contributed by atoms with Crippen LogP contribution in [0.5, 0.6) is 5.75 Å². The largest absolute Gasteiger partial charge is 0.508 e. The molecule has 216 valence electrons. The predicted molar refractivity (Wildman–Crippen MR) is 145 cm³/mol. The van der Waals surface area contributed by atoms with E-state index in [1.54, 1.807) is 56.3 Å². The lowest BCUT2D eigenvalue weighted by Crippen LogP contribution is -2.58. The normalized spacial score (nSPS) is 13.9. The molecule has 40 heavy (non-hydrogen) atoms. The number of benzene rings is 2. The minimum absolute atomic E-state index is 0.0247. The number of phenols is 1. The third-order valence-electron chi connectivity index (χ3n) is 6.15. The van der Waals surface area contributed by atoms with Crippen LogP contribution >= 0.6 is 0 Å². The predicted octanol–water partition coefficient (Wildman–Crippen LogP) is 0.565. The molecule has 0 bridgehead atoms. The van der Waals surface area contributed by atoms with E-state index < -0.39 is 66.2 Å². The molecule has 12 heteroatoms. The average Bonchev–Trinajstić information content (AvgIpc) is 2.90. The molecule has 3 amide bonds. The van der Waals surface area contributed by atoms with Crippen molar-refractivity contribution in [1.82, 2.24) is 16.0 Å². The minimum atomic E-state index is -1.32. The Morgan fingerprint density at radius 3 is 1.88 bits per heavy atom. The van der Waals surface area contributed by atoms with Crippen molar-refractivity contribution in [2.75, 3.05) is 0 Å². The molecule has 0 aliphatic rings.